The monoisotopic (exact) mass is 488 g/mol. The van der Waals surface area contributed by atoms with E-state index in [0.717, 1.165) is 33.9 Å². The molecule has 0 aliphatic rings. The fourth-order valence-electron chi connectivity index (χ4n) is 2.80. The summed E-state index contributed by atoms with van der Waals surface area (Å²) in [7, 11) is 0. The molecule has 33 heavy (non-hydrogen) atoms. The van der Waals surface area contributed by atoms with Crippen LogP contribution in [0.5, 0.6) is 0 Å². The zero-order valence-corrected chi connectivity index (χ0v) is 18.8. The molecule has 170 valence electrons. The molecule has 1 aromatic heterocycles. The van der Waals surface area contributed by atoms with Gasteiger partial charge >= 0.3 is 11.9 Å². The molecule has 0 spiro atoms. The summed E-state index contributed by atoms with van der Waals surface area (Å²) in [5.41, 5.74) is 0.167. The highest BCUT2D eigenvalue weighted by Crippen LogP contribution is 2.35. The largest absolute Gasteiger partial charge is 0.462 e. The summed E-state index contributed by atoms with van der Waals surface area (Å²) >= 11 is 6.88. The van der Waals surface area contributed by atoms with Crippen LogP contribution < -0.4 is 5.32 Å². The van der Waals surface area contributed by atoms with Crippen LogP contribution in [0.1, 0.15) is 27.0 Å². The van der Waals surface area contributed by atoms with E-state index in [1.807, 2.05) is 30.3 Å². The fourth-order valence-corrected chi connectivity index (χ4v) is 3.98. The van der Waals surface area contributed by atoms with Crippen molar-refractivity contribution < 1.29 is 28.8 Å². The molecule has 0 fully saturated rings. The lowest BCUT2D eigenvalue weighted by Crippen LogP contribution is -2.22. The smallest absolute Gasteiger partial charge is 0.350 e. The Bertz CT molecular complexity index is 1210. The number of nitro groups is 1. The van der Waals surface area contributed by atoms with Gasteiger partial charge in [-0.15, -0.1) is 11.3 Å². The van der Waals surface area contributed by atoms with E-state index >= 15 is 0 Å². The second-order valence-electron chi connectivity index (χ2n) is 6.48. The van der Waals surface area contributed by atoms with E-state index in [0.29, 0.717) is 0 Å². The van der Waals surface area contributed by atoms with E-state index in [1.54, 1.807) is 13.0 Å². The van der Waals surface area contributed by atoms with Crippen LogP contribution in [0.2, 0.25) is 5.02 Å². The quantitative estimate of drug-likeness (QED) is 0.270. The Morgan fingerprint density at radius 3 is 2.45 bits per heavy atom. The molecule has 0 saturated heterocycles. The molecule has 3 rings (SSSR count). The number of ether oxygens (including phenoxy) is 2. The van der Waals surface area contributed by atoms with Crippen LogP contribution in [0.15, 0.2) is 54.6 Å². The van der Waals surface area contributed by atoms with E-state index in [2.05, 4.69) is 5.32 Å². The van der Waals surface area contributed by atoms with Crippen molar-refractivity contribution in [2.24, 2.45) is 0 Å². The van der Waals surface area contributed by atoms with Gasteiger partial charge in [-0.2, -0.15) is 0 Å². The normalized spacial score (nSPS) is 10.4. The maximum atomic E-state index is 12.4. The molecule has 1 amide bonds. The van der Waals surface area contributed by atoms with Gasteiger partial charge in [-0.1, -0.05) is 41.9 Å². The number of nitro benzene ring substituents is 1. The SMILES string of the molecule is CCOC(=O)c1sc(-c2ccccc2)cc1NC(=O)COC(=O)c1ccc(Cl)cc1[N+](=O)[O-]. The molecule has 0 unspecified atom stereocenters. The molecule has 0 saturated carbocycles. The third-order valence-electron chi connectivity index (χ3n) is 4.24. The Morgan fingerprint density at radius 2 is 1.79 bits per heavy atom. The average molecular weight is 489 g/mol. The number of halogens is 1. The second kappa shape index (κ2) is 10.7. The molecule has 11 heteroatoms. The lowest BCUT2D eigenvalue weighted by Gasteiger charge is -2.08. The van der Waals surface area contributed by atoms with Crippen LogP contribution >= 0.6 is 22.9 Å². The zero-order chi connectivity index (χ0) is 24.0. The summed E-state index contributed by atoms with van der Waals surface area (Å²) < 4.78 is 9.98. The number of amides is 1. The van der Waals surface area contributed by atoms with Crippen LogP contribution in [-0.2, 0) is 14.3 Å². The first-order chi connectivity index (χ1) is 15.8. The van der Waals surface area contributed by atoms with Crippen molar-refractivity contribution in [1.82, 2.24) is 0 Å². The summed E-state index contributed by atoms with van der Waals surface area (Å²) in [6.45, 7) is 1.09. The number of hydrogen-bond donors (Lipinski definition) is 1. The fraction of sp³-hybridized carbons (Fsp3) is 0.136. The minimum absolute atomic E-state index is 0.0779. The van der Waals surface area contributed by atoms with Gasteiger partial charge in [-0.25, -0.2) is 9.59 Å². The van der Waals surface area contributed by atoms with Gasteiger partial charge in [0.05, 0.1) is 17.2 Å². The van der Waals surface area contributed by atoms with Crippen molar-refractivity contribution in [2.75, 3.05) is 18.5 Å². The topological polar surface area (TPSA) is 125 Å². The van der Waals surface area contributed by atoms with Gasteiger partial charge in [-0.05, 0) is 30.7 Å². The Morgan fingerprint density at radius 1 is 1.06 bits per heavy atom. The van der Waals surface area contributed by atoms with E-state index in [1.165, 1.54) is 6.07 Å². The molecule has 0 aliphatic heterocycles. The maximum Gasteiger partial charge on any atom is 0.350 e. The van der Waals surface area contributed by atoms with Crippen LogP contribution in [-0.4, -0.2) is 36.0 Å². The van der Waals surface area contributed by atoms with Gasteiger partial charge in [0.15, 0.2) is 6.61 Å². The van der Waals surface area contributed by atoms with Gasteiger partial charge < -0.3 is 14.8 Å². The average Bonchev–Trinajstić information content (AvgIpc) is 3.22. The first kappa shape index (κ1) is 23.9. The minimum atomic E-state index is -1.06. The lowest BCUT2D eigenvalue weighted by atomic mass is 10.2. The molecule has 0 aliphatic carbocycles. The van der Waals surface area contributed by atoms with Crippen LogP contribution in [0.25, 0.3) is 10.4 Å². The molecule has 0 bridgehead atoms. The molecule has 0 atom stereocenters. The molecule has 3 aromatic rings. The van der Waals surface area contributed by atoms with Crippen LogP contribution in [0.3, 0.4) is 0 Å². The van der Waals surface area contributed by atoms with Crippen molar-refractivity contribution in [3.8, 4) is 10.4 Å². The number of nitrogens with one attached hydrogen (secondary N) is 1. The number of carbonyl (C=O) groups excluding carboxylic acids is 3. The van der Waals surface area contributed by atoms with Gasteiger partial charge in [0.25, 0.3) is 11.6 Å². The first-order valence-electron chi connectivity index (χ1n) is 9.57. The number of anilines is 1. The molecule has 2 aromatic carbocycles. The molecular formula is C22H17ClN2O7S. The Kier molecular flexibility index (Phi) is 7.75. The van der Waals surface area contributed by atoms with Crippen molar-refractivity contribution in [3.05, 3.63) is 80.2 Å². The highest BCUT2D eigenvalue weighted by Gasteiger charge is 2.24. The molecular weight excluding hydrogens is 472 g/mol. The highest BCUT2D eigenvalue weighted by molar-refractivity contribution is 7.18. The standard InChI is InChI=1S/C22H17ClN2O7S/c1-2-31-22(28)20-16(11-18(33-20)13-6-4-3-5-7-13)24-19(26)12-32-21(27)15-9-8-14(23)10-17(15)25(29)30/h3-11H,2,12H2,1H3,(H,24,26). The number of hydrogen-bond acceptors (Lipinski definition) is 8. The van der Waals surface area contributed by atoms with E-state index in [4.69, 9.17) is 21.1 Å². The molecule has 0 radical (unpaired) electrons. The third-order valence-corrected chi connectivity index (χ3v) is 5.64. The predicted molar refractivity (Wildman–Crippen MR) is 123 cm³/mol. The van der Waals surface area contributed by atoms with Crippen molar-refractivity contribution in [1.29, 1.82) is 0 Å². The Hall–Kier alpha value is -3.76. The number of thiophene rings is 1. The summed E-state index contributed by atoms with van der Waals surface area (Å²) in [6, 6.07) is 14.3. The summed E-state index contributed by atoms with van der Waals surface area (Å²) in [4.78, 5) is 48.3. The number of esters is 2. The first-order valence-corrected chi connectivity index (χ1v) is 10.8. The number of carbonyl (C=O) groups is 3. The molecule has 1 N–H and O–H groups in total. The number of nitrogens with zero attached hydrogens (tertiary/aromatic N) is 1. The Labute approximate surface area is 197 Å². The van der Waals surface area contributed by atoms with Gasteiger partial charge in [-0.3, -0.25) is 14.9 Å². The van der Waals surface area contributed by atoms with E-state index in [9.17, 15) is 24.5 Å². The zero-order valence-electron chi connectivity index (χ0n) is 17.2. The second-order valence-corrected chi connectivity index (χ2v) is 7.97. The minimum Gasteiger partial charge on any atom is -0.462 e. The van der Waals surface area contributed by atoms with Gasteiger partial charge in [0.1, 0.15) is 10.4 Å². The number of rotatable bonds is 8. The van der Waals surface area contributed by atoms with Crippen LogP contribution in [0.4, 0.5) is 11.4 Å². The van der Waals surface area contributed by atoms with Crippen molar-refractivity contribution >= 4 is 52.2 Å². The Balaban J connectivity index is 1.75. The van der Waals surface area contributed by atoms with Gasteiger partial charge in [0, 0.05) is 16.0 Å². The van der Waals surface area contributed by atoms with E-state index in [-0.39, 0.29) is 27.8 Å². The van der Waals surface area contributed by atoms with Crippen molar-refractivity contribution in [2.45, 2.75) is 6.92 Å². The van der Waals surface area contributed by atoms with Crippen molar-refractivity contribution in [3.63, 3.8) is 0 Å². The lowest BCUT2D eigenvalue weighted by molar-refractivity contribution is -0.385. The predicted octanol–water partition coefficient (Wildman–Crippen LogP) is 4.95. The summed E-state index contributed by atoms with van der Waals surface area (Å²) in [6.07, 6.45) is 0. The maximum absolute atomic E-state index is 12.4. The van der Waals surface area contributed by atoms with Gasteiger partial charge in [0.2, 0.25) is 0 Å². The summed E-state index contributed by atoms with van der Waals surface area (Å²) in [5.74, 6) is -2.40. The molecule has 9 nitrogen and oxygen atoms in total. The number of benzene rings is 2. The van der Waals surface area contributed by atoms with E-state index < -0.39 is 35.1 Å². The summed E-state index contributed by atoms with van der Waals surface area (Å²) in [5, 5.41) is 13.8. The highest BCUT2D eigenvalue weighted by atomic mass is 35.5. The van der Waals surface area contributed by atoms with Crippen LogP contribution in [0, 0.1) is 10.1 Å². The molecule has 1 heterocycles. The third kappa shape index (κ3) is 5.93.